The molecule has 36 heavy (non-hydrogen) atoms. The second kappa shape index (κ2) is 12.1. The highest BCUT2D eigenvalue weighted by Gasteiger charge is 2.39. The molecule has 194 valence electrons. The molecule has 6 nitrogen and oxygen atoms in total. The van der Waals surface area contributed by atoms with Crippen LogP contribution in [0.15, 0.2) is 48.5 Å². The third-order valence-electron chi connectivity index (χ3n) is 6.04. The van der Waals surface area contributed by atoms with Gasteiger partial charge in [0.1, 0.15) is 11.6 Å². The van der Waals surface area contributed by atoms with Crippen molar-refractivity contribution in [3.63, 3.8) is 0 Å². The van der Waals surface area contributed by atoms with Crippen molar-refractivity contribution in [1.29, 1.82) is 0 Å². The first kappa shape index (κ1) is 27.3. The fraction of sp³-hybridized carbons (Fsp3) is 0.407. The number of unbranched alkanes of at least 4 members (excludes halogenated alkanes) is 2. The molecule has 3 rings (SSSR count). The summed E-state index contributed by atoms with van der Waals surface area (Å²) in [5.74, 6) is -0.680. The summed E-state index contributed by atoms with van der Waals surface area (Å²) in [5, 5.41) is 10.2. The Morgan fingerprint density at radius 2 is 1.75 bits per heavy atom. The lowest BCUT2D eigenvalue weighted by molar-refractivity contribution is -0.141. The zero-order chi connectivity index (χ0) is 26.3. The molecule has 0 fully saturated rings. The van der Waals surface area contributed by atoms with Crippen LogP contribution in [0.3, 0.4) is 0 Å². The molecule has 9 heteroatoms. The number of nitrogens with two attached hydrogens (primary N) is 1. The van der Waals surface area contributed by atoms with Gasteiger partial charge in [0.2, 0.25) is 0 Å². The zero-order valence-electron chi connectivity index (χ0n) is 20.7. The van der Waals surface area contributed by atoms with Gasteiger partial charge >= 0.3 is 6.18 Å². The molecule has 0 saturated heterocycles. The summed E-state index contributed by atoms with van der Waals surface area (Å²) in [6.45, 7) is 5.34. The van der Waals surface area contributed by atoms with Crippen LogP contribution in [0.2, 0.25) is 0 Å². The number of carbonyl (C=O) groups excluding carboxylic acids is 1. The largest absolute Gasteiger partial charge is 0.507 e. The van der Waals surface area contributed by atoms with Crippen molar-refractivity contribution in [2.75, 3.05) is 6.54 Å². The van der Waals surface area contributed by atoms with E-state index in [2.05, 4.69) is 4.98 Å². The maximum absolute atomic E-state index is 14.2. The van der Waals surface area contributed by atoms with Gasteiger partial charge in [-0.15, -0.1) is 0 Å². The van der Waals surface area contributed by atoms with Gasteiger partial charge in [0, 0.05) is 25.2 Å². The number of aromatic hydroxyl groups is 1. The molecule has 0 atom stereocenters. The molecule has 0 bridgehead atoms. The van der Waals surface area contributed by atoms with Crippen LogP contribution in [0.25, 0.3) is 11.4 Å². The third kappa shape index (κ3) is 6.66. The Kier molecular flexibility index (Phi) is 9.14. The van der Waals surface area contributed by atoms with Crippen molar-refractivity contribution in [2.45, 2.75) is 65.3 Å². The SMILES string of the molecule is CCCCN(Cc1ccc(C(N)=O)c(O)c1)Cc1c(C(F)(F)F)nc(-c2ccccc2)n1CCCC. The van der Waals surface area contributed by atoms with E-state index in [1.54, 1.807) is 34.9 Å². The van der Waals surface area contributed by atoms with Crippen LogP contribution >= 0.6 is 0 Å². The number of halogens is 3. The van der Waals surface area contributed by atoms with E-state index in [1.807, 2.05) is 24.8 Å². The van der Waals surface area contributed by atoms with Gasteiger partial charge in [-0.2, -0.15) is 13.2 Å². The van der Waals surface area contributed by atoms with E-state index in [0.717, 1.165) is 25.7 Å². The van der Waals surface area contributed by atoms with Crippen LogP contribution in [-0.2, 0) is 25.8 Å². The first-order chi connectivity index (χ1) is 17.2. The van der Waals surface area contributed by atoms with Gasteiger partial charge in [-0.05, 0) is 37.1 Å². The summed E-state index contributed by atoms with van der Waals surface area (Å²) in [5.41, 5.74) is 5.84. The number of alkyl halides is 3. The highest BCUT2D eigenvalue weighted by molar-refractivity contribution is 5.95. The Bertz CT molecular complexity index is 1160. The number of carbonyl (C=O) groups is 1. The Morgan fingerprint density at radius 3 is 2.33 bits per heavy atom. The maximum Gasteiger partial charge on any atom is 0.435 e. The van der Waals surface area contributed by atoms with E-state index >= 15 is 0 Å². The molecule has 0 aliphatic heterocycles. The number of aromatic nitrogens is 2. The van der Waals surface area contributed by atoms with Crippen molar-refractivity contribution < 1.29 is 23.1 Å². The zero-order valence-corrected chi connectivity index (χ0v) is 20.7. The number of imidazole rings is 1. The standard InChI is InChI=1S/C27H33F3N4O2/c1-3-5-14-33(17-19-12-13-21(25(31)36)23(35)16-19)18-22-24(27(28,29)30)32-26(34(22)15-6-4-2)20-10-8-7-9-11-20/h7-13,16,35H,3-6,14-15,17-18H2,1-2H3,(H2,31,36). The lowest BCUT2D eigenvalue weighted by Crippen LogP contribution is -2.27. The quantitative estimate of drug-likeness (QED) is 0.319. The minimum Gasteiger partial charge on any atom is -0.507 e. The molecule has 1 amide bonds. The predicted molar refractivity (Wildman–Crippen MR) is 133 cm³/mol. The molecule has 3 N–H and O–H groups in total. The normalized spacial score (nSPS) is 11.8. The second-order valence-electron chi connectivity index (χ2n) is 8.88. The Hall–Kier alpha value is -3.33. The summed E-state index contributed by atoms with van der Waals surface area (Å²) in [4.78, 5) is 17.5. The highest BCUT2D eigenvalue weighted by atomic mass is 19.4. The van der Waals surface area contributed by atoms with Gasteiger partial charge in [-0.25, -0.2) is 4.98 Å². The van der Waals surface area contributed by atoms with Crippen molar-refractivity contribution in [1.82, 2.24) is 14.5 Å². The number of benzene rings is 2. The number of phenols is 1. The monoisotopic (exact) mass is 502 g/mol. The summed E-state index contributed by atoms with van der Waals surface area (Å²) in [6.07, 6.45) is -1.38. The van der Waals surface area contributed by atoms with Gasteiger partial charge in [-0.3, -0.25) is 9.69 Å². The Morgan fingerprint density at radius 1 is 1.06 bits per heavy atom. The van der Waals surface area contributed by atoms with E-state index < -0.39 is 17.8 Å². The minimum absolute atomic E-state index is 0.00311. The molecule has 0 saturated carbocycles. The van der Waals surface area contributed by atoms with Gasteiger partial charge in [0.25, 0.3) is 5.91 Å². The van der Waals surface area contributed by atoms with Gasteiger partial charge in [-0.1, -0.05) is 63.1 Å². The summed E-state index contributed by atoms with van der Waals surface area (Å²) in [7, 11) is 0. The van der Waals surface area contributed by atoms with E-state index in [4.69, 9.17) is 5.73 Å². The number of hydrogen-bond donors (Lipinski definition) is 2. The summed E-state index contributed by atoms with van der Waals surface area (Å²) in [6, 6.07) is 13.5. The fourth-order valence-corrected chi connectivity index (χ4v) is 4.19. The summed E-state index contributed by atoms with van der Waals surface area (Å²) >= 11 is 0. The number of rotatable bonds is 12. The molecule has 1 heterocycles. The van der Waals surface area contributed by atoms with Crippen molar-refractivity contribution in [2.24, 2.45) is 5.73 Å². The second-order valence-corrected chi connectivity index (χ2v) is 8.88. The number of hydrogen-bond acceptors (Lipinski definition) is 4. The van der Waals surface area contributed by atoms with E-state index in [9.17, 15) is 23.1 Å². The fourth-order valence-electron chi connectivity index (χ4n) is 4.19. The first-order valence-corrected chi connectivity index (χ1v) is 12.2. The van der Waals surface area contributed by atoms with Crippen LogP contribution < -0.4 is 5.73 Å². The van der Waals surface area contributed by atoms with Crippen LogP contribution in [0, 0.1) is 0 Å². The lowest BCUT2D eigenvalue weighted by Gasteiger charge is -2.24. The highest BCUT2D eigenvalue weighted by Crippen LogP contribution is 2.36. The predicted octanol–water partition coefficient (Wildman–Crippen LogP) is 5.98. The number of primary amides is 1. The van der Waals surface area contributed by atoms with E-state index in [0.29, 0.717) is 36.6 Å². The van der Waals surface area contributed by atoms with Crippen LogP contribution in [-0.4, -0.2) is 32.0 Å². The van der Waals surface area contributed by atoms with E-state index in [1.165, 1.54) is 12.1 Å². The molecule has 2 aromatic carbocycles. The van der Waals surface area contributed by atoms with Gasteiger partial charge in [0.05, 0.1) is 11.3 Å². The Balaban J connectivity index is 2.04. The topological polar surface area (TPSA) is 84.4 Å². The molecule has 0 aliphatic rings. The van der Waals surface area contributed by atoms with Crippen molar-refractivity contribution in [3.05, 3.63) is 71.0 Å². The number of nitrogens with zero attached hydrogens (tertiary/aromatic N) is 3. The van der Waals surface area contributed by atoms with Crippen LogP contribution in [0.5, 0.6) is 5.75 Å². The lowest BCUT2D eigenvalue weighted by atomic mass is 10.1. The molecule has 0 unspecified atom stereocenters. The molecule has 1 aromatic heterocycles. The Labute approximate surface area is 209 Å². The maximum atomic E-state index is 14.2. The average Bonchev–Trinajstić information content (AvgIpc) is 3.20. The minimum atomic E-state index is -4.60. The van der Waals surface area contributed by atoms with Crippen molar-refractivity contribution >= 4 is 5.91 Å². The first-order valence-electron chi connectivity index (χ1n) is 12.2. The molecular formula is C27H33F3N4O2. The van der Waals surface area contributed by atoms with Gasteiger partial charge < -0.3 is 15.4 Å². The van der Waals surface area contributed by atoms with Crippen LogP contribution in [0.1, 0.15) is 66.8 Å². The van der Waals surface area contributed by atoms with Crippen molar-refractivity contribution in [3.8, 4) is 17.1 Å². The summed E-state index contributed by atoms with van der Waals surface area (Å²) < 4.78 is 44.3. The molecule has 0 aliphatic carbocycles. The molecule has 0 spiro atoms. The third-order valence-corrected chi connectivity index (χ3v) is 6.04. The molecule has 0 radical (unpaired) electrons. The van der Waals surface area contributed by atoms with Gasteiger partial charge in [0.15, 0.2) is 5.69 Å². The smallest absolute Gasteiger partial charge is 0.435 e. The molecule has 3 aromatic rings. The molecular weight excluding hydrogens is 469 g/mol. The van der Waals surface area contributed by atoms with E-state index in [-0.39, 0.29) is 23.6 Å². The van der Waals surface area contributed by atoms with Crippen LogP contribution in [0.4, 0.5) is 13.2 Å². The average molecular weight is 503 g/mol. The number of amides is 1.